The van der Waals surface area contributed by atoms with Crippen LogP contribution in [0.15, 0.2) is 0 Å². The Hall–Kier alpha value is 0.960. The number of hydrogen-bond donors (Lipinski definition) is 0. The van der Waals surface area contributed by atoms with Crippen LogP contribution >= 0.6 is 0 Å². The molecule has 1 atom stereocenters. The molecular formula is C3H7NaO. The van der Waals surface area contributed by atoms with E-state index in [2.05, 4.69) is 6.92 Å². The van der Waals surface area contributed by atoms with Gasteiger partial charge in [0.05, 0.1) is 12.7 Å². The molecular weight excluding hydrogens is 75.0 g/mol. The van der Waals surface area contributed by atoms with Crippen LogP contribution in [0.25, 0.3) is 0 Å². The second-order valence-electron chi connectivity index (χ2n) is 1.14. The van der Waals surface area contributed by atoms with Gasteiger partial charge in [-0.1, -0.05) is 0 Å². The summed E-state index contributed by atoms with van der Waals surface area (Å²) < 4.78 is 4.71. The first-order valence-corrected chi connectivity index (χ1v) is 1.51. The molecule has 1 heterocycles. The zero-order chi connectivity index (χ0) is 2.99. The normalized spacial score (nSPS) is 31.8. The van der Waals surface area contributed by atoms with E-state index in [1.54, 1.807) is 0 Å². The van der Waals surface area contributed by atoms with Crippen LogP contribution in [0.1, 0.15) is 8.35 Å². The van der Waals surface area contributed by atoms with Gasteiger partial charge in [0, 0.05) is 0 Å². The minimum Gasteiger partial charge on any atom is -1.00 e. The Balaban J connectivity index is 0. The second kappa shape index (κ2) is 2.19. The van der Waals surface area contributed by atoms with E-state index in [0.29, 0.717) is 6.10 Å². The summed E-state index contributed by atoms with van der Waals surface area (Å²) in [5.41, 5.74) is 0. The van der Waals surface area contributed by atoms with Crippen molar-refractivity contribution in [2.75, 3.05) is 6.61 Å². The van der Waals surface area contributed by atoms with E-state index in [4.69, 9.17) is 4.74 Å². The number of epoxide rings is 1. The van der Waals surface area contributed by atoms with Crippen LogP contribution in [-0.4, -0.2) is 12.7 Å². The minimum atomic E-state index is 0. The van der Waals surface area contributed by atoms with Gasteiger partial charge in [-0.3, -0.25) is 0 Å². The van der Waals surface area contributed by atoms with Gasteiger partial charge in [0.25, 0.3) is 0 Å². The van der Waals surface area contributed by atoms with Crippen LogP contribution in [0.4, 0.5) is 0 Å². The second-order valence-corrected chi connectivity index (χ2v) is 1.14. The van der Waals surface area contributed by atoms with Gasteiger partial charge in [0.15, 0.2) is 0 Å². The van der Waals surface area contributed by atoms with Crippen molar-refractivity contribution >= 4 is 0 Å². The first-order chi connectivity index (χ1) is 1.89. The van der Waals surface area contributed by atoms with E-state index in [1.807, 2.05) is 0 Å². The smallest absolute Gasteiger partial charge is 1.00 e. The molecule has 1 nitrogen and oxygen atoms in total. The van der Waals surface area contributed by atoms with E-state index >= 15 is 0 Å². The quantitative estimate of drug-likeness (QED) is 0.233. The standard InChI is InChI=1S/C3H6O.Na.H/c1-3-2-4-3;;/h3H,2H2,1H3;;/q;+1;-1. The summed E-state index contributed by atoms with van der Waals surface area (Å²) in [5, 5.41) is 0. The zero-order valence-corrected chi connectivity index (χ0v) is 5.69. The maximum atomic E-state index is 4.71. The molecule has 5 heavy (non-hydrogen) atoms. The molecule has 1 rings (SSSR count). The minimum absolute atomic E-state index is 0. The maximum absolute atomic E-state index is 4.71. The Morgan fingerprint density at radius 3 is 2.20 bits per heavy atom. The van der Waals surface area contributed by atoms with E-state index in [0.717, 1.165) is 6.61 Å². The van der Waals surface area contributed by atoms with Gasteiger partial charge in [-0.15, -0.1) is 0 Å². The van der Waals surface area contributed by atoms with Crippen LogP contribution in [-0.2, 0) is 4.74 Å². The number of hydrogen-bond acceptors (Lipinski definition) is 1. The Morgan fingerprint density at radius 2 is 2.20 bits per heavy atom. The molecule has 0 aromatic rings. The van der Waals surface area contributed by atoms with Gasteiger partial charge < -0.3 is 6.16 Å². The third kappa shape index (κ3) is 2.77. The Morgan fingerprint density at radius 1 is 2.00 bits per heavy atom. The SMILES string of the molecule is CC1CO1.[H-].[Na+]. The van der Waals surface area contributed by atoms with Crippen LogP contribution in [0.2, 0.25) is 0 Å². The van der Waals surface area contributed by atoms with Gasteiger partial charge >= 0.3 is 29.6 Å². The summed E-state index contributed by atoms with van der Waals surface area (Å²) in [4.78, 5) is 0. The molecule has 0 amide bonds. The van der Waals surface area contributed by atoms with E-state index < -0.39 is 0 Å². The molecule has 26 valence electrons. The summed E-state index contributed by atoms with van der Waals surface area (Å²) in [6.45, 7) is 3.04. The summed E-state index contributed by atoms with van der Waals surface area (Å²) in [6, 6.07) is 0. The fraction of sp³-hybridized carbons (Fsp3) is 1.00. The van der Waals surface area contributed by atoms with Crippen LogP contribution in [0.3, 0.4) is 0 Å². The average molecular weight is 82.1 g/mol. The molecule has 1 aliphatic rings. The topological polar surface area (TPSA) is 12.5 Å². The van der Waals surface area contributed by atoms with E-state index in [-0.39, 0.29) is 31.0 Å². The molecule has 0 saturated carbocycles. The molecule has 0 aromatic heterocycles. The van der Waals surface area contributed by atoms with Crippen molar-refractivity contribution in [3.8, 4) is 0 Å². The van der Waals surface area contributed by atoms with Crippen molar-refractivity contribution in [1.82, 2.24) is 0 Å². The Bertz CT molecular complexity index is 30.0. The maximum Gasteiger partial charge on any atom is 1.00 e. The molecule has 0 radical (unpaired) electrons. The third-order valence-electron chi connectivity index (χ3n) is 0.500. The first kappa shape index (κ1) is 5.96. The fourth-order valence-electron chi connectivity index (χ4n) is 0.0962. The van der Waals surface area contributed by atoms with Gasteiger partial charge in [0.2, 0.25) is 0 Å². The van der Waals surface area contributed by atoms with Crippen molar-refractivity contribution in [2.45, 2.75) is 13.0 Å². The molecule has 2 heteroatoms. The summed E-state index contributed by atoms with van der Waals surface area (Å²) in [6.07, 6.45) is 0.583. The molecule has 1 saturated heterocycles. The molecule has 0 N–H and O–H groups in total. The van der Waals surface area contributed by atoms with Gasteiger partial charge in [-0.05, 0) is 6.92 Å². The third-order valence-corrected chi connectivity index (χ3v) is 0.500. The summed E-state index contributed by atoms with van der Waals surface area (Å²) in [7, 11) is 0. The van der Waals surface area contributed by atoms with Crippen molar-refractivity contribution in [2.24, 2.45) is 0 Å². The monoisotopic (exact) mass is 82.0 g/mol. The van der Waals surface area contributed by atoms with Crippen LogP contribution in [0, 0.1) is 0 Å². The molecule has 0 aliphatic carbocycles. The summed E-state index contributed by atoms with van der Waals surface area (Å²) in [5.74, 6) is 0. The average Bonchev–Trinajstić information content (AvgIpc) is 1.75. The van der Waals surface area contributed by atoms with Gasteiger partial charge in [-0.25, -0.2) is 0 Å². The summed E-state index contributed by atoms with van der Waals surface area (Å²) >= 11 is 0. The Labute approximate surface area is 55.5 Å². The zero-order valence-electron chi connectivity index (χ0n) is 4.69. The molecule has 0 aromatic carbocycles. The van der Waals surface area contributed by atoms with Crippen molar-refractivity contribution in [3.05, 3.63) is 0 Å². The van der Waals surface area contributed by atoms with Crippen molar-refractivity contribution in [1.29, 1.82) is 0 Å². The van der Waals surface area contributed by atoms with Gasteiger partial charge in [0.1, 0.15) is 0 Å². The number of ether oxygens (including phenoxy) is 1. The molecule has 0 bridgehead atoms. The predicted molar refractivity (Wildman–Crippen MR) is 16.5 cm³/mol. The first-order valence-electron chi connectivity index (χ1n) is 1.51. The van der Waals surface area contributed by atoms with Crippen molar-refractivity contribution < 1.29 is 35.7 Å². The van der Waals surface area contributed by atoms with Crippen LogP contribution < -0.4 is 29.6 Å². The van der Waals surface area contributed by atoms with E-state index in [1.165, 1.54) is 0 Å². The Kier molecular flexibility index (Phi) is 2.61. The molecule has 1 unspecified atom stereocenters. The number of rotatable bonds is 0. The molecule has 1 aliphatic heterocycles. The predicted octanol–water partition coefficient (Wildman–Crippen LogP) is -2.48. The molecule has 0 spiro atoms. The van der Waals surface area contributed by atoms with Gasteiger partial charge in [-0.2, -0.15) is 0 Å². The van der Waals surface area contributed by atoms with Crippen molar-refractivity contribution in [3.63, 3.8) is 0 Å². The van der Waals surface area contributed by atoms with Crippen LogP contribution in [0.5, 0.6) is 0 Å². The fourth-order valence-corrected chi connectivity index (χ4v) is 0.0962. The largest absolute Gasteiger partial charge is 1.00 e. The molecule has 1 fully saturated rings. The van der Waals surface area contributed by atoms with E-state index in [9.17, 15) is 0 Å².